The number of anilines is 1. The number of carbonyl (C=O) groups excluding carboxylic acids is 1. The Hall–Kier alpha value is -2.24. The first-order chi connectivity index (χ1) is 10.7. The molecule has 6 heteroatoms. The average Bonchev–Trinajstić information content (AvgIpc) is 3.01. The summed E-state index contributed by atoms with van der Waals surface area (Å²) in [6.45, 7) is 2.16. The van der Waals surface area contributed by atoms with Crippen LogP contribution in [0.15, 0.2) is 30.9 Å². The van der Waals surface area contributed by atoms with Gasteiger partial charge in [-0.25, -0.2) is 14.1 Å². The molecule has 1 heterocycles. The summed E-state index contributed by atoms with van der Waals surface area (Å²) in [5.74, 6) is -0.532. The van der Waals surface area contributed by atoms with E-state index >= 15 is 0 Å². The molecule has 5 nitrogen and oxygen atoms in total. The van der Waals surface area contributed by atoms with Gasteiger partial charge in [0.15, 0.2) is 5.82 Å². The van der Waals surface area contributed by atoms with Crippen LogP contribution >= 0.6 is 0 Å². The van der Waals surface area contributed by atoms with Crippen molar-refractivity contribution in [1.29, 1.82) is 0 Å². The van der Waals surface area contributed by atoms with Crippen LogP contribution in [-0.2, 0) is 4.79 Å². The summed E-state index contributed by atoms with van der Waals surface area (Å²) in [6, 6.07) is 4.53. The van der Waals surface area contributed by atoms with Gasteiger partial charge in [-0.1, -0.05) is 32.6 Å². The Morgan fingerprint density at radius 1 is 1.27 bits per heavy atom. The van der Waals surface area contributed by atoms with Crippen LogP contribution in [0, 0.1) is 5.82 Å². The monoisotopic (exact) mass is 304 g/mol. The van der Waals surface area contributed by atoms with Crippen molar-refractivity contribution >= 4 is 11.6 Å². The zero-order valence-corrected chi connectivity index (χ0v) is 12.8. The Balaban J connectivity index is 1.85. The van der Waals surface area contributed by atoms with Crippen molar-refractivity contribution in [2.45, 2.75) is 45.4 Å². The fourth-order valence-corrected chi connectivity index (χ4v) is 2.22. The first-order valence-corrected chi connectivity index (χ1v) is 7.65. The zero-order chi connectivity index (χ0) is 15.8. The quantitative estimate of drug-likeness (QED) is 0.756. The third-order valence-corrected chi connectivity index (χ3v) is 3.40. The van der Waals surface area contributed by atoms with Crippen molar-refractivity contribution in [2.75, 3.05) is 5.32 Å². The molecule has 2 aromatic rings. The van der Waals surface area contributed by atoms with Gasteiger partial charge in [-0.3, -0.25) is 4.79 Å². The number of nitrogens with zero attached hydrogens (tertiary/aromatic N) is 3. The number of amides is 1. The molecule has 2 rings (SSSR count). The lowest BCUT2D eigenvalue weighted by Gasteiger charge is -2.08. The van der Waals surface area contributed by atoms with Gasteiger partial charge in [-0.15, -0.1) is 0 Å². The van der Waals surface area contributed by atoms with Gasteiger partial charge >= 0.3 is 0 Å². The van der Waals surface area contributed by atoms with Gasteiger partial charge in [0.05, 0.1) is 0 Å². The Kier molecular flexibility index (Phi) is 6.06. The van der Waals surface area contributed by atoms with Crippen LogP contribution < -0.4 is 5.32 Å². The van der Waals surface area contributed by atoms with E-state index in [-0.39, 0.29) is 5.91 Å². The van der Waals surface area contributed by atoms with Gasteiger partial charge in [0.1, 0.15) is 18.3 Å². The number of aromatic nitrogens is 3. The minimum Gasteiger partial charge on any atom is -0.326 e. The molecule has 0 spiro atoms. The molecule has 0 aliphatic rings. The molecule has 0 bridgehead atoms. The second kappa shape index (κ2) is 8.26. The highest BCUT2D eigenvalue weighted by Gasteiger charge is 2.08. The predicted octanol–water partition coefficient (Wildman–Crippen LogP) is 3.71. The smallest absolute Gasteiger partial charge is 0.224 e. The fraction of sp³-hybridized carbons (Fsp3) is 0.438. The molecular formula is C16H21FN4O. The molecule has 1 amide bonds. The van der Waals surface area contributed by atoms with Gasteiger partial charge in [0, 0.05) is 12.1 Å². The molecule has 1 aromatic carbocycles. The van der Waals surface area contributed by atoms with E-state index in [1.165, 1.54) is 36.2 Å². The lowest BCUT2D eigenvalue weighted by atomic mass is 10.1. The highest BCUT2D eigenvalue weighted by atomic mass is 19.1. The first-order valence-electron chi connectivity index (χ1n) is 7.65. The molecule has 0 saturated heterocycles. The van der Waals surface area contributed by atoms with Gasteiger partial charge in [0.25, 0.3) is 0 Å². The molecule has 0 unspecified atom stereocenters. The molecular weight excluding hydrogens is 283 g/mol. The van der Waals surface area contributed by atoms with E-state index in [0.29, 0.717) is 17.8 Å². The van der Waals surface area contributed by atoms with Gasteiger partial charge < -0.3 is 5.32 Å². The largest absolute Gasteiger partial charge is 0.326 e. The van der Waals surface area contributed by atoms with E-state index in [1.807, 2.05) is 0 Å². The topological polar surface area (TPSA) is 59.8 Å². The van der Waals surface area contributed by atoms with E-state index in [2.05, 4.69) is 22.3 Å². The molecule has 22 heavy (non-hydrogen) atoms. The predicted molar refractivity (Wildman–Crippen MR) is 83.3 cm³/mol. The second-order valence-electron chi connectivity index (χ2n) is 5.22. The zero-order valence-electron chi connectivity index (χ0n) is 12.8. The number of hydrogen-bond donors (Lipinski definition) is 1. The average molecular weight is 304 g/mol. The standard InChI is InChI=1S/C16H21FN4O/c1-2-3-4-5-6-7-16(22)20-13-8-9-15(14(17)10-13)21-12-18-11-19-21/h8-12H,2-7H2,1H3,(H,20,22). The number of rotatable bonds is 8. The number of nitrogens with one attached hydrogen (secondary N) is 1. The van der Waals surface area contributed by atoms with Crippen molar-refractivity contribution in [3.8, 4) is 5.69 Å². The van der Waals surface area contributed by atoms with Crippen molar-refractivity contribution in [1.82, 2.24) is 14.8 Å². The van der Waals surface area contributed by atoms with Crippen LogP contribution in [0.5, 0.6) is 0 Å². The highest BCUT2D eigenvalue weighted by molar-refractivity contribution is 5.90. The number of carbonyl (C=O) groups is 1. The normalized spacial score (nSPS) is 10.6. The van der Waals surface area contributed by atoms with Crippen molar-refractivity contribution in [3.05, 3.63) is 36.7 Å². The maximum absolute atomic E-state index is 14.0. The lowest BCUT2D eigenvalue weighted by molar-refractivity contribution is -0.116. The number of halogens is 1. The van der Waals surface area contributed by atoms with Crippen molar-refractivity contribution < 1.29 is 9.18 Å². The summed E-state index contributed by atoms with van der Waals surface area (Å²) in [4.78, 5) is 15.6. The minimum absolute atomic E-state index is 0.0793. The van der Waals surface area contributed by atoms with Crippen molar-refractivity contribution in [2.24, 2.45) is 0 Å². The van der Waals surface area contributed by atoms with Crippen LogP contribution in [0.25, 0.3) is 5.69 Å². The summed E-state index contributed by atoms with van der Waals surface area (Å²) < 4.78 is 15.4. The number of benzene rings is 1. The summed E-state index contributed by atoms with van der Waals surface area (Å²) >= 11 is 0. The van der Waals surface area contributed by atoms with Crippen LogP contribution in [0.2, 0.25) is 0 Å². The van der Waals surface area contributed by atoms with Crippen molar-refractivity contribution in [3.63, 3.8) is 0 Å². The van der Waals surface area contributed by atoms with Crippen LogP contribution in [0.3, 0.4) is 0 Å². The lowest BCUT2D eigenvalue weighted by Crippen LogP contribution is -2.11. The fourth-order valence-electron chi connectivity index (χ4n) is 2.22. The SMILES string of the molecule is CCCCCCCC(=O)Nc1ccc(-n2cncn2)c(F)c1. The molecule has 0 aliphatic carbocycles. The Labute approximate surface area is 129 Å². The second-order valence-corrected chi connectivity index (χ2v) is 5.22. The maximum atomic E-state index is 14.0. The van der Waals surface area contributed by atoms with E-state index in [9.17, 15) is 9.18 Å². The Bertz CT molecular complexity index is 598. The summed E-state index contributed by atoms with van der Waals surface area (Å²) in [7, 11) is 0. The van der Waals surface area contributed by atoms with E-state index in [4.69, 9.17) is 0 Å². The summed E-state index contributed by atoms with van der Waals surface area (Å²) in [5, 5.41) is 6.60. The molecule has 0 fully saturated rings. The van der Waals surface area contributed by atoms with Gasteiger partial charge in [-0.2, -0.15) is 5.10 Å². The van der Waals surface area contributed by atoms with E-state index < -0.39 is 5.82 Å². The Morgan fingerprint density at radius 3 is 2.77 bits per heavy atom. The van der Waals surface area contributed by atoms with E-state index in [0.717, 1.165) is 19.3 Å². The van der Waals surface area contributed by atoms with E-state index in [1.54, 1.807) is 12.1 Å². The van der Waals surface area contributed by atoms with Gasteiger partial charge in [0.2, 0.25) is 5.91 Å². The molecule has 1 N–H and O–H groups in total. The summed E-state index contributed by atoms with van der Waals surface area (Å²) in [6.07, 6.45) is 8.70. The van der Waals surface area contributed by atoms with Gasteiger partial charge in [-0.05, 0) is 24.6 Å². The molecule has 0 radical (unpaired) electrons. The highest BCUT2D eigenvalue weighted by Crippen LogP contribution is 2.17. The maximum Gasteiger partial charge on any atom is 0.224 e. The van der Waals surface area contributed by atoms with Crippen LogP contribution in [-0.4, -0.2) is 20.7 Å². The third-order valence-electron chi connectivity index (χ3n) is 3.40. The van der Waals surface area contributed by atoms with Crippen LogP contribution in [0.4, 0.5) is 10.1 Å². The molecule has 0 atom stereocenters. The molecule has 118 valence electrons. The molecule has 0 aliphatic heterocycles. The molecule has 0 saturated carbocycles. The third kappa shape index (κ3) is 4.65. The molecule has 1 aromatic heterocycles. The van der Waals surface area contributed by atoms with Crippen LogP contribution in [0.1, 0.15) is 45.4 Å². The first kappa shape index (κ1) is 16.1. The summed E-state index contributed by atoms with van der Waals surface area (Å²) in [5.41, 5.74) is 0.759. The minimum atomic E-state index is -0.453. The Morgan fingerprint density at radius 2 is 2.09 bits per heavy atom. The number of hydrogen-bond acceptors (Lipinski definition) is 3. The number of unbranched alkanes of at least 4 members (excludes halogenated alkanes) is 4.